The average Bonchev–Trinajstić information content (AvgIpc) is 3.17. The lowest BCUT2D eigenvalue weighted by molar-refractivity contribution is -0.356. The molecule has 0 unspecified atom stereocenters. The van der Waals surface area contributed by atoms with Crippen molar-refractivity contribution in [3.63, 3.8) is 0 Å². The van der Waals surface area contributed by atoms with Crippen LogP contribution >= 0.6 is 0 Å². The van der Waals surface area contributed by atoms with E-state index in [0.717, 1.165) is 5.52 Å². The van der Waals surface area contributed by atoms with Crippen molar-refractivity contribution in [3.05, 3.63) is 59.8 Å². The molecule has 1 heterocycles. The van der Waals surface area contributed by atoms with Crippen LogP contribution in [0.1, 0.15) is 36.7 Å². The van der Waals surface area contributed by atoms with Gasteiger partial charge in [0.25, 0.3) is 0 Å². The van der Waals surface area contributed by atoms with E-state index in [9.17, 15) is 14.4 Å². The van der Waals surface area contributed by atoms with E-state index in [-0.39, 0.29) is 12.4 Å². The van der Waals surface area contributed by atoms with Gasteiger partial charge in [-0.2, -0.15) is 0 Å². The summed E-state index contributed by atoms with van der Waals surface area (Å²) in [6.07, 6.45) is 2.19. The van der Waals surface area contributed by atoms with Crippen LogP contribution < -0.4 is 21.2 Å². The first-order valence-corrected chi connectivity index (χ1v) is 13.2. The number of guanidine groups is 1. The van der Waals surface area contributed by atoms with Crippen LogP contribution in [-0.2, 0) is 35.6 Å². The van der Waals surface area contributed by atoms with Gasteiger partial charge in [-0.15, -0.1) is 0 Å². The number of fused-ring (bicyclic) bond motifs is 1. The molecule has 39 heavy (non-hydrogen) atoms. The van der Waals surface area contributed by atoms with E-state index >= 15 is 0 Å². The van der Waals surface area contributed by atoms with Gasteiger partial charge in [-0.3, -0.25) is 16.3 Å². The summed E-state index contributed by atoms with van der Waals surface area (Å²) in [5.74, 6) is -1.41. The summed E-state index contributed by atoms with van der Waals surface area (Å²) in [4.78, 5) is 42.3. The summed E-state index contributed by atoms with van der Waals surface area (Å²) in [6, 6.07) is 11.5. The molecule has 0 aliphatic heterocycles. The van der Waals surface area contributed by atoms with E-state index in [2.05, 4.69) is 9.98 Å². The summed E-state index contributed by atoms with van der Waals surface area (Å²) < 4.78 is 42.9. The second kappa shape index (κ2) is 12.9. The Balaban J connectivity index is 0.000000976. The molecule has 3 aromatic rings. The number of H-pyrrole nitrogens is 1. The third-order valence-electron chi connectivity index (χ3n) is 4.46. The summed E-state index contributed by atoms with van der Waals surface area (Å²) in [5, 5.41) is 0.688. The molecule has 210 valence electrons. The molecule has 3 rings (SSSR count). The highest BCUT2D eigenvalue weighted by Crippen LogP contribution is 2.25. The van der Waals surface area contributed by atoms with Crippen molar-refractivity contribution in [2.45, 2.75) is 32.8 Å². The molecule has 0 bridgehead atoms. The Morgan fingerprint density at radius 3 is 2.21 bits per heavy atom. The monoisotopic (exact) mass is 562 g/mol. The van der Waals surface area contributed by atoms with Crippen molar-refractivity contribution >= 4 is 50.6 Å². The number of benzene rings is 2. The van der Waals surface area contributed by atoms with Gasteiger partial charge in [-0.05, 0) is 68.8 Å². The minimum absolute atomic E-state index is 0.0413. The van der Waals surface area contributed by atoms with E-state index in [0.29, 0.717) is 34.2 Å². The van der Waals surface area contributed by atoms with Gasteiger partial charge < -0.3 is 23.7 Å². The second-order valence-electron chi connectivity index (χ2n) is 9.20. The molecule has 0 atom stereocenters. The molecule has 0 aliphatic rings. The highest BCUT2D eigenvalue weighted by atomic mass is 32.2. The zero-order chi connectivity index (χ0) is 29.4. The number of aromatic nitrogens is 1. The van der Waals surface area contributed by atoms with E-state index in [1.165, 1.54) is 0 Å². The van der Waals surface area contributed by atoms with Crippen molar-refractivity contribution in [3.8, 4) is 5.75 Å². The van der Waals surface area contributed by atoms with Gasteiger partial charge in [0, 0.05) is 23.4 Å². The minimum Gasteiger partial charge on any atom is -0.748 e. The Kier molecular flexibility index (Phi) is 10.2. The second-order valence-corrected chi connectivity index (χ2v) is 10.6. The van der Waals surface area contributed by atoms with Gasteiger partial charge >= 0.3 is 23.9 Å². The topological polar surface area (TPSA) is 218 Å². The first-order chi connectivity index (χ1) is 18.0. The lowest BCUT2D eigenvalue weighted by Crippen LogP contribution is -2.72. The van der Waals surface area contributed by atoms with Gasteiger partial charge in [0.2, 0.25) is 0 Å². The SMILES string of the molecule is CC(C)(C)OC(=O)COC(=O)Cc1c[nH]c2ccc(OC(=O)c3ccc([NH+]=C(N)N)cc3)cc12.CS(=O)(=O)[O-]. The number of hydrogen-bond donors (Lipinski definition) is 4. The number of aromatic amines is 1. The number of carbonyl (C=O) groups excluding carboxylic acids is 3. The van der Waals surface area contributed by atoms with Gasteiger partial charge in [0.15, 0.2) is 6.61 Å². The van der Waals surface area contributed by atoms with E-state index in [1.54, 1.807) is 69.4 Å². The fourth-order valence-corrected chi connectivity index (χ4v) is 3.11. The van der Waals surface area contributed by atoms with Crippen LogP contribution in [0.4, 0.5) is 5.69 Å². The lowest BCUT2D eigenvalue weighted by atomic mass is 10.1. The minimum atomic E-state index is -3.92. The molecule has 0 saturated heterocycles. The predicted octanol–water partition coefficient (Wildman–Crippen LogP) is -0.0386. The molecule has 0 amide bonds. The number of hydrogen-bond acceptors (Lipinski definition) is 9. The summed E-state index contributed by atoms with van der Waals surface area (Å²) in [6.45, 7) is 4.72. The number of esters is 3. The number of nitrogens with one attached hydrogen (secondary N) is 2. The molecule has 2 aromatic carbocycles. The van der Waals surface area contributed by atoms with Crippen molar-refractivity contribution in [1.82, 2.24) is 4.98 Å². The first kappa shape index (κ1) is 30.8. The Morgan fingerprint density at radius 1 is 1.03 bits per heavy atom. The maximum atomic E-state index is 12.5. The zero-order valence-electron chi connectivity index (χ0n) is 21.8. The Bertz CT molecular complexity index is 1460. The molecular weight excluding hydrogens is 532 g/mol. The number of ether oxygens (including phenoxy) is 3. The maximum Gasteiger partial charge on any atom is 0.344 e. The molecule has 6 N–H and O–H groups in total. The number of rotatable bonds is 7. The molecule has 0 radical (unpaired) electrons. The molecule has 0 spiro atoms. The number of nitrogens with two attached hydrogens (primary N) is 2. The third-order valence-corrected chi connectivity index (χ3v) is 4.46. The number of carbonyl (C=O) groups is 3. The van der Waals surface area contributed by atoms with Crippen molar-refractivity contribution in [2.24, 2.45) is 11.5 Å². The van der Waals surface area contributed by atoms with Gasteiger partial charge in [0.05, 0.1) is 27.8 Å². The molecule has 0 saturated carbocycles. The van der Waals surface area contributed by atoms with E-state index in [4.69, 9.17) is 38.6 Å². The van der Waals surface area contributed by atoms with E-state index in [1.807, 2.05) is 0 Å². The van der Waals surface area contributed by atoms with Gasteiger partial charge in [-0.1, -0.05) is 0 Å². The van der Waals surface area contributed by atoms with Crippen LogP contribution in [0.15, 0.2) is 48.7 Å². The Morgan fingerprint density at radius 2 is 1.64 bits per heavy atom. The Labute approximate surface area is 224 Å². The van der Waals surface area contributed by atoms with Crippen molar-refractivity contribution in [2.75, 3.05) is 12.9 Å². The van der Waals surface area contributed by atoms with Crippen molar-refractivity contribution in [1.29, 1.82) is 0 Å². The predicted molar refractivity (Wildman–Crippen MR) is 140 cm³/mol. The smallest absolute Gasteiger partial charge is 0.344 e. The van der Waals surface area contributed by atoms with Crippen LogP contribution in [0, 0.1) is 0 Å². The van der Waals surface area contributed by atoms with Crippen molar-refractivity contribution < 1.29 is 46.6 Å². The first-order valence-electron chi connectivity index (χ1n) is 11.4. The zero-order valence-corrected chi connectivity index (χ0v) is 22.6. The molecule has 0 fully saturated rings. The van der Waals surface area contributed by atoms with Gasteiger partial charge in [0.1, 0.15) is 11.4 Å². The lowest BCUT2D eigenvalue weighted by Gasteiger charge is -2.19. The maximum absolute atomic E-state index is 12.5. The molecule has 0 aliphatic carbocycles. The summed E-state index contributed by atoms with van der Waals surface area (Å²) in [7, 11) is -3.92. The normalized spacial score (nSPS) is 11.1. The highest BCUT2D eigenvalue weighted by Gasteiger charge is 2.19. The fourth-order valence-electron chi connectivity index (χ4n) is 3.11. The fraction of sp³-hybridized carbons (Fsp3) is 0.280. The summed E-state index contributed by atoms with van der Waals surface area (Å²) >= 11 is 0. The average molecular weight is 563 g/mol. The van der Waals surface area contributed by atoms with Gasteiger partial charge in [-0.25, -0.2) is 23.0 Å². The highest BCUT2D eigenvalue weighted by molar-refractivity contribution is 7.84. The van der Waals surface area contributed by atoms with Crippen LogP contribution in [0.2, 0.25) is 0 Å². The van der Waals surface area contributed by atoms with Crippen LogP contribution in [0.25, 0.3) is 10.9 Å². The largest absolute Gasteiger partial charge is 0.748 e. The quantitative estimate of drug-likeness (QED) is 0.0984. The van der Waals surface area contributed by atoms with E-state index < -0.39 is 40.2 Å². The van der Waals surface area contributed by atoms with Crippen LogP contribution in [0.3, 0.4) is 0 Å². The molecule has 1 aromatic heterocycles. The Hall–Kier alpha value is -4.43. The third kappa shape index (κ3) is 11.7. The standard InChI is InChI=1S/C24H26N4O6.CH4O3S/c1-24(2,3)34-21(30)13-32-20(29)10-15-12-27-19-9-8-17(11-18(15)19)33-22(31)14-4-6-16(7-5-14)28-23(25)26;1-5(2,3)4/h4-9,11-12,27H,10,13H2,1-3H3,(H4,25,26,28);1H3,(H,2,3,4). The molecular formula is C25H30N4O9S. The molecule has 13 nitrogen and oxygen atoms in total. The summed E-state index contributed by atoms with van der Waals surface area (Å²) in [5.41, 5.74) is 12.5. The molecule has 14 heteroatoms. The van der Waals surface area contributed by atoms with Crippen LogP contribution in [0.5, 0.6) is 5.75 Å². The van der Waals surface area contributed by atoms with Crippen LogP contribution in [-0.4, -0.2) is 60.3 Å².